The molecule has 0 bridgehead atoms. The Balaban J connectivity index is 1.55. The van der Waals surface area contributed by atoms with Crippen LogP contribution in [0.15, 0.2) is 30.5 Å². The number of ether oxygens (including phenoxy) is 1. The van der Waals surface area contributed by atoms with Gasteiger partial charge < -0.3 is 15.0 Å². The van der Waals surface area contributed by atoms with Crippen LogP contribution in [-0.4, -0.2) is 57.6 Å². The largest absolute Gasteiger partial charge is 0.496 e. The number of benzene rings is 1. The molecule has 0 spiro atoms. The highest BCUT2D eigenvalue weighted by atomic mass is 19.3. The van der Waals surface area contributed by atoms with Crippen molar-refractivity contribution in [2.24, 2.45) is 0 Å². The lowest BCUT2D eigenvalue weighted by Crippen LogP contribution is -2.34. The van der Waals surface area contributed by atoms with Crippen LogP contribution in [0.2, 0.25) is 0 Å². The van der Waals surface area contributed by atoms with Gasteiger partial charge in [0.15, 0.2) is 11.5 Å². The molecule has 0 saturated carbocycles. The van der Waals surface area contributed by atoms with E-state index in [1.807, 2.05) is 0 Å². The molecule has 10 heteroatoms. The summed E-state index contributed by atoms with van der Waals surface area (Å²) in [6.07, 6.45) is -0.214. The molecule has 0 atom stereocenters. The number of hydrogen-bond donors (Lipinski definition) is 3. The Kier molecular flexibility index (Phi) is 5.26. The summed E-state index contributed by atoms with van der Waals surface area (Å²) in [6, 6.07) is 6.90. The van der Waals surface area contributed by atoms with Gasteiger partial charge in [0.1, 0.15) is 5.75 Å². The first kappa shape index (κ1) is 19.1. The van der Waals surface area contributed by atoms with Crippen LogP contribution in [0.3, 0.4) is 0 Å². The van der Waals surface area contributed by atoms with Gasteiger partial charge in [0.25, 0.3) is 12.3 Å². The minimum absolute atomic E-state index is 0.274. The van der Waals surface area contributed by atoms with E-state index in [0.717, 1.165) is 11.4 Å². The number of methoxy groups -OCH3 is 1. The van der Waals surface area contributed by atoms with Gasteiger partial charge >= 0.3 is 0 Å². The number of nitrogens with zero attached hydrogens (tertiary/aromatic N) is 3. The zero-order valence-corrected chi connectivity index (χ0v) is 15.7. The summed E-state index contributed by atoms with van der Waals surface area (Å²) in [5, 5.41) is 9.73. The van der Waals surface area contributed by atoms with E-state index >= 15 is 0 Å². The summed E-state index contributed by atoms with van der Waals surface area (Å²) in [6.45, 7) is 0.616. The Labute approximate surface area is 165 Å². The highest BCUT2D eigenvalue weighted by Crippen LogP contribution is 2.28. The summed E-state index contributed by atoms with van der Waals surface area (Å²) in [5.74, 6) is 0.595. The van der Waals surface area contributed by atoms with Crippen LogP contribution in [-0.2, 0) is 13.0 Å². The van der Waals surface area contributed by atoms with Crippen LogP contribution >= 0.6 is 0 Å². The third-order valence-corrected chi connectivity index (χ3v) is 4.78. The summed E-state index contributed by atoms with van der Waals surface area (Å²) >= 11 is 0. The first-order valence-corrected chi connectivity index (χ1v) is 9.12. The number of H-pyrrole nitrogens is 2. The first-order valence-electron chi connectivity index (χ1n) is 9.12. The molecular weight excluding hydrogens is 382 g/mol. The van der Waals surface area contributed by atoms with Gasteiger partial charge in [0.05, 0.1) is 30.6 Å². The monoisotopic (exact) mass is 402 g/mol. The molecule has 1 aromatic carbocycles. The van der Waals surface area contributed by atoms with Crippen molar-refractivity contribution in [3.63, 3.8) is 0 Å². The number of alkyl halides is 2. The number of amides is 1. The van der Waals surface area contributed by atoms with E-state index in [4.69, 9.17) is 4.74 Å². The standard InChI is InChI=1S/C19H20F2N6O2/c1-29-15-5-3-2-4-11(15)19(28)25-13-8-22-26-17(13)18-23-12-6-7-27(10-16(20)21)9-14(12)24-18/h2-5,8,16H,6-7,9-10H2,1H3,(H,22,26)(H,23,24)(H,25,28). The van der Waals surface area contributed by atoms with Gasteiger partial charge in [-0.15, -0.1) is 0 Å². The van der Waals surface area contributed by atoms with E-state index in [0.29, 0.717) is 48.0 Å². The number of rotatable bonds is 6. The van der Waals surface area contributed by atoms with Gasteiger partial charge in [0.2, 0.25) is 0 Å². The minimum atomic E-state index is -2.38. The molecule has 1 aliphatic rings. The number of halogens is 2. The SMILES string of the molecule is COc1ccccc1C(=O)Nc1c[nH]nc1-c1nc2c([nH]1)CCN(CC(F)F)C2. The van der Waals surface area contributed by atoms with Crippen LogP contribution in [0.25, 0.3) is 11.5 Å². The summed E-state index contributed by atoms with van der Waals surface area (Å²) < 4.78 is 30.6. The smallest absolute Gasteiger partial charge is 0.259 e. The minimum Gasteiger partial charge on any atom is -0.496 e. The number of hydrogen-bond acceptors (Lipinski definition) is 5. The summed E-state index contributed by atoms with van der Waals surface area (Å²) in [4.78, 5) is 22.1. The molecule has 1 aliphatic heterocycles. The molecule has 0 saturated heterocycles. The van der Waals surface area contributed by atoms with Gasteiger partial charge in [-0.2, -0.15) is 5.10 Å². The molecule has 1 amide bonds. The van der Waals surface area contributed by atoms with Crippen molar-refractivity contribution in [2.45, 2.75) is 19.4 Å². The fourth-order valence-electron chi connectivity index (χ4n) is 3.39. The van der Waals surface area contributed by atoms with Crippen molar-refractivity contribution in [1.29, 1.82) is 0 Å². The topological polar surface area (TPSA) is 98.9 Å². The van der Waals surface area contributed by atoms with Crippen LogP contribution < -0.4 is 10.1 Å². The molecule has 0 unspecified atom stereocenters. The van der Waals surface area contributed by atoms with E-state index in [1.165, 1.54) is 7.11 Å². The number of nitrogens with one attached hydrogen (secondary N) is 3. The zero-order chi connectivity index (χ0) is 20.4. The normalized spacial score (nSPS) is 14.1. The highest BCUT2D eigenvalue weighted by molar-refractivity contribution is 6.07. The molecule has 29 heavy (non-hydrogen) atoms. The van der Waals surface area contributed by atoms with Gasteiger partial charge in [0, 0.05) is 31.4 Å². The molecule has 0 aliphatic carbocycles. The Morgan fingerprint density at radius 2 is 2.21 bits per heavy atom. The number of imidazole rings is 1. The number of anilines is 1. The second kappa shape index (κ2) is 8.00. The summed E-state index contributed by atoms with van der Waals surface area (Å²) in [7, 11) is 1.50. The van der Waals surface area contributed by atoms with Crippen molar-refractivity contribution in [3.8, 4) is 17.3 Å². The fourth-order valence-corrected chi connectivity index (χ4v) is 3.39. The number of fused-ring (bicyclic) bond motifs is 1. The van der Waals surface area contributed by atoms with E-state index in [-0.39, 0.29) is 12.5 Å². The number of aromatic nitrogens is 4. The maximum Gasteiger partial charge on any atom is 0.259 e. The average molecular weight is 402 g/mol. The van der Waals surface area contributed by atoms with Crippen molar-refractivity contribution < 1.29 is 18.3 Å². The molecule has 0 radical (unpaired) electrons. The number of carbonyl (C=O) groups is 1. The average Bonchev–Trinajstić information content (AvgIpc) is 3.33. The first-order chi connectivity index (χ1) is 14.0. The second-order valence-corrected chi connectivity index (χ2v) is 6.69. The van der Waals surface area contributed by atoms with Crippen LogP contribution in [0.1, 0.15) is 21.7 Å². The number of carbonyl (C=O) groups excluding carboxylic acids is 1. The maximum atomic E-state index is 12.7. The molecule has 8 nitrogen and oxygen atoms in total. The molecule has 152 valence electrons. The quantitative estimate of drug-likeness (QED) is 0.589. The van der Waals surface area contributed by atoms with Gasteiger partial charge in [-0.3, -0.25) is 14.8 Å². The fraction of sp³-hybridized carbons (Fsp3) is 0.316. The Morgan fingerprint density at radius 3 is 3.00 bits per heavy atom. The van der Waals surface area contributed by atoms with Crippen LogP contribution in [0, 0.1) is 0 Å². The predicted octanol–water partition coefficient (Wildman–Crippen LogP) is 2.68. The maximum absolute atomic E-state index is 12.7. The van der Waals surface area contributed by atoms with Crippen molar-refractivity contribution >= 4 is 11.6 Å². The van der Waals surface area contributed by atoms with E-state index in [9.17, 15) is 13.6 Å². The third-order valence-electron chi connectivity index (χ3n) is 4.78. The van der Waals surface area contributed by atoms with Gasteiger partial charge in [-0.1, -0.05) is 12.1 Å². The van der Waals surface area contributed by atoms with Crippen LogP contribution in [0.5, 0.6) is 5.75 Å². The summed E-state index contributed by atoms with van der Waals surface area (Å²) in [5.41, 5.74) is 2.91. The van der Waals surface area contributed by atoms with E-state index in [2.05, 4.69) is 25.5 Å². The van der Waals surface area contributed by atoms with E-state index < -0.39 is 6.43 Å². The molecule has 0 fully saturated rings. The lowest BCUT2D eigenvalue weighted by atomic mass is 10.1. The molecular formula is C19H20F2N6O2. The Hall–Kier alpha value is -3.27. The van der Waals surface area contributed by atoms with Crippen LogP contribution in [0.4, 0.5) is 14.5 Å². The molecule has 2 aromatic heterocycles. The zero-order valence-electron chi connectivity index (χ0n) is 15.7. The predicted molar refractivity (Wildman–Crippen MR) is 102 cm³/mol. The molecule has 3 heterocycles. The number of para-hydroxylation sites is 1. The molecule has 3 N–H and O–H groups in total. The van der Waals surface area contributed by atoms with Crippen molar-refractivity contribution in [2.75, 3.05) is 25.5 Å². The molecule has 3 aromatic rings. The van der Waals surface area contributed by atoms with Gasteiger partial charge in [-0.05, 0) is 12.1 Å². The second-order valence-electron chi connectivity index (χ2n) is 6.69. The lowest BCUT2D eigenvalue weighted by molar-refractivity contribution is 0.0812. The van der Waals surface area contributed by atoms with E-state index in [1.54, 1.807) is 35.4 Å². The van der Waals surface area contributed by atoms with Crippen molar-refractivity contribution in [1.82, 2.24) is 25.1 Å². The number of aromatic amines is 2. The van der Waals surface area contributed by atoms with Gasteiger partial charge in [-0.25, -0.2) is 13.8 Å². The molecule has 4 rings (SSSR count). The Morgan fingerprint density at radius 1 is 1.38 bits per heavy atom. The Bertz CT molecular complexity index is 1020. The third kappa shape index (κ3) is 3.97. The lowest BCUT2D eigenvalue weighted by Gasteiger charge is -2.25. The van der Waals surface area contributed by atoms with Crippen molar-refractivity contribution in [3.05, 3.63) is 47.4 Å². The highest BCUT2D eigenvalue weighted by Gasteiger charge is 2.24.